The summed E-state index contributed by atoms with van der Waals surface area (Å²) in [6.45, 7) is 6.41. The van der Waals surface area contributed by atoms with Gasteiger partial charge in [-0.3, -0.25) is 0 Å². The predicted octanol–water partition coefficient (Wildman–Crippen LogP) is 4.09. The van der Waals surface area contributed by atoms with E-state index in [0.717, 1.165) is 12.1 Å². The van der Waals surface area contributed by atoms with E-state index in [4.69, 9.17) is 4.74 Å². The molecule has 3 nitrogen and oxygen atoms in total. The molecule has 20 heavy (non-hydrogen) atoms. The molecule has 2 aromatic rings. The summed E-state index contributed by atoms with van der Waals surface area (Å²) in [6.07, 6.45) is 5.06. The van der Waals surface area contributed by atoms with Crippen molar-refractivity contribution in [2.75, 3.05) is 12.4 Å². The van der Waals surface area contributed by atoms with Crippen molar-refractivity contribution in [3.63, 3.8) is 0 Å². The summed E-state index contributed by atoms with van der Waals surface area (Å²) < 4.78 is 7.59. The minimum absolute atomic E-state index is 0.107. The predicted molar refractivity (Wildman–Crippen MR) is 84.6 cm³/mol. The van der Waals surface area contributed by atoms with E-state index in [2.05, 4.69) is 67.3 Å². The summed E-state index contributed by atoms with van der Waals surface area (Å²) in [5.41, 5.74) is 2.19. The van der Waals surface area contributed by atoms with Crippen molar-refractivity contribution < 1.29 is 4.74 Å². The molecule has 0 bridgehead atoms. The van der Waals surface area contributed by atoms with Crippen molar-refractivity contribution >= 4 is 5.69 Å². The summed E-state index contributed by atoms with van der Waals surface area (Å²) in [7, 11) is 1.76. The van der Waals surface area contributed by atoms with Crippen molar-refractivity contribution in [3.05, 3.63) is 48.8 Å². The smallest absolute Gasteiger partial charge is 0.0642 e. The van der Waals surface area contributed by atoms with E-state index in [9.17, 15) is 0 Å². The lowest BCUT2D eigenvalue weighted by Gasteiger charge is -2.27. The number of nitrogens with one attached hydrogen (secondary N) is 1. The Balaban J connectivity index is 2.05. The molecule has 0 amide bonds. The van der Waals surface area contributed by atoms with E-state index in [0.29, 0.717) is 6.04 Å². The SMILES string of the molecule is COC(C)(C)CC(C)Nc1cccc(-n2cccc2)c1. The normalized spacial score (nSPS) is 13.2. The minimum Gasteiger partial charge on any atom is -0.382 e. The molecule has 0 aliphatic heterocycles. The molecule has 0 spiro atoms. The molecule has 1 aromatic heterocycles. The second-order valence-corrected chi connectivity index (χ2v) is 5.85. The average molecular weight is 272 g/mol. The maximum absolute atomic E-state index is 5.48. The highest BCUT2D eigenvalue weighted by molar-refractivity contribution is 5.51. The third kappa shape index (κ3) is 3.87. The van der Waals surface area contributed by atoms with Gasteiger partial charge in [0.05, 0.1) is 5.60 Å². The van der Waals surface area contributed by atoms with Gasteiger partial charge in [-0.15, -0.1) is 0 Å². The summed E-state index contributed by atoms with van der Waals surface area (Å²) >= 11 is 0. The standard InChI is InChI=1S/C17H24N2O/c1-14(13-17(2,3)20-4)18-15-8-7-9-16(12-15)19-10-5-6-11-19/h5-12,14,18H,13H2,1-4H3. The third-order valence-electron chi connectivity index (χ3n) is 3.51. The van der Waals surface area contributed by atoms with E-state index in [1.54, 1.807) is 7.11 Å². The highest BCUT2D eigenvalue weighted by atomic mass is 16.5. The van der Waals surface area contributed by atoms with Gasteiger partial charge in [0, 0.05) is 36.9 Å². The first-order valence-corrected chi connectivity index (χ1v) is 7.05. The van der Waals surface area contributed by atoms with Crippen LogP contribution in [-0.4, -0.2) is 23.3 Å². The van der Waals surface area contributed by atoms with Gasteiger partial charge in [-0.1, -0.05) is 6.07 Å². The number of aromatic nitrogens is 1. The van der Waals surface area contributed by atoms with Gasteiger partial charge < -0.3 is 14.6 Å². The summed E-state index contributed by atoms with van der Waals surface area (Å²) in [6, 6.07) is 12.9. The lowest BCUT2D eigenvalue weighted by Crippen LogP contribution is -2.31. The molecule has 108 valence electrons. The molecule has 0 fully saturated rings. The number of hydrogen-bond donors (Lipinski definition) is 1. The van der Waals surface area contributed by atoms with Crippen LogP contribution in [0.4, 0.5) is 5.69 Å². The monoisotopic (exact) mass is 272 g/mol. The lowest BCUT2D eigenvalue weighted by atomic mass is 9.99. The van der Waals surface area contributed by atoms with E-state index in [1.807, 2.05) is 12.1 Å². The Morgan fingerprint density at radius 3 is 2.55 bits per heavy atom. The molecule has 0 saturated carbocycles. The fraction of sp³-hybridized carbons (Fsp3) is 0.412. The first-order valence-electron chi connectivity index (χ1n) is 7.05. The number of benzene rings is 1. The molecule has 1 aromatic carbocycles. The van der Waals surface area contributed by atoms with Crippen LogP contribution < -0.4 is 5.32 Å². The van der Waals surface area contributed by atoms with Gasteiger partial charge in [0.1, 0.15) is 0 Å². The van der Waals surface area contributed by atoms with Crippen molar-refractivity contribution in [3.8, 4) is 5.69 Å². The highest BCUT2D eigenvalue weighted by Gasteiger charge is 2.20. The first-order chi connectivity index (χ1) is 9.50. The second-order valence-electron chi connectivity index (χ2n) is 5.85. The fourth-order valence-corrected chi connectivity index (χ4v) is 2.42. The molecular weight excluding hydrogens is 248 g/mol. The number of methoxy groups -OCH3 is 1. The van der Waals surface area contributed by atoms with E-state index >= 15 is 0 Å². The van der Waals surface area contributed by atoms with Gasteiger partial charge in [-0.05, 0) is 57.5 Å². The molecule has 1 heterocycles. The molecule has 2 rings (SSSR count). The van der Waals surface area contributed by atoms with Crippen LogP contribution in [0.2, 0.25) is 0 Å². The molecule has 1 N–H and O–H groups in total. The molecule has 0 saturated heterocycles. The van der Waals surface area contributed by atoms with Gasteiger partial charge in [0.2, 0.25) is 0 Å². The van der Waals surface area contributed by atoms with Crippen LogP contribution in [-0.2, 0) is 4.74 Å². The van der Waals surface area contributed by atoms with E-state index < -0.39 is 0 Å². The second kappa shape index (κ2) is 6.14. The molecule has 0 aliphatic rings. The van der Waals surface area contributed by atoms with Gasteiger partial charge >= 0.3 is 0 Å². The van der Waals surface area contributed by atoms with Crippen LogP contribution in [0.25, 0.3) is 5.69 Å². The van der Waals surface area contributed by atoms with Gasteiger partial charge in [-0.2, -0.15) is 0 Å². The fourth-order valence-electron chi connectivity index (χ4n) is 2.42. The van der Waals surface area contributed by atoms with Crippen molar-refractivity contribution in [2.45, 2.75) is 38.8 Å². The molecular formula is C17H24N2O. The van der Waals surface area contributed by atoms with Gasteiger partial charge in [0.15, 0.2) is 0 Å². The molecule has 1 atom stereocenters. The van der Waals surface area contributed by atoms with Crippen molar-refractivity contribution in [1.29, 1.82) is 0 Å². The third-order valence-corrected chi connectivity index (χ3v) is 3.51. The summed E-state index contributed by atoms with van der Waals surface area (Å²) in [5.74, 6) is 0. The zero-order valence-corrected chi connectivity index (χ0v) is 12.8. The topological polar surface area (TPSA) is 26.2 Å². The number of hydrogen-bond acceptors (Lipinski definition) is 2. The number of nitrogens with zero attached hydrogens (tertiary/aromatic N) is 1. The molecule has 0 radical (unpaired) electrons. The van der Waals surface area contributed by atoms with Crippen molar-refractivity contribution in [1.82, 2.24) is 4.57 Å². The zero-order valence-electron chi connectivity index (χ0n) is 12.8. The van der Waals surface area contributed by atoms with Crippen LogP contribution in [0.5, 0.6) is 0 Å². The molecule has 0 aliphatic carbocycles. The Morgan fingerprint density at radius 1 is 1.20 bits per heavy atom. The van der Waals surface area contributed by atoms with Gasteiger partial charge in [0.25, 0.3) is 0 Å². The van der Waals surface area contributed by atoms with Crippen molar-refractivity contribution in [2.24, 2.45) is 0 Å². The molecule has 3 heteroatoms. The summed E-state index contributed by atoms with van der Waals surface area (Å²) in [4.78, 5) is 0. The Bertz CT molecular complexity index is 532. The first kappa shape index (κ1) is 14.7. The van der Waals surface area contributed by atoms with Crippen LogP contribution >= 0.6 is 0 Å². The Hall–Kier alpha value is -1.74. The van der Waals surface area contributed by atoms with Crippen LogP contribution in [0, 0.1) is 0 Å². The van der Waals surface area contributed by atoms with E-state index in [1.165, 1.54) is 5.69 Å². The Morgan fingerprint density at radius 2 is 1.90 bits per heavy atom. The largest absolute Gasteiger partial charge is 0.382 e. The maximum atomic E-state index is 5.48. The maximum Gasteiger partial charge on any atom is 0.0642 e. The van der Waals surface area contributed by atoms with Crippen LogP contribution in [0.15, 0.2) is 48.8 Å². The van der Waals surface area contributed by atoms with E-state index in [-0.39, 0.29) is 5.60 Å². The lowest BCUT2D eigenvalue weighted by molar-refractivity contribution is 0.0128. The van der Waals surface area contributed by atoms with Gasteiger partial charge in [-0.25, -0.2) is 0 Å². The quantitative estimate of drug-likeness (QED) is 0.857. The average Bonchev–Trinajstić information content (AvgIpc) is 2.92. The highest BCUT2D eigenvalue weighted by Crippen LogP contribution is 2.20. The van der Waals surface area contributed by atoms with Crippen LogP contribution in [0.1, 0.15) is 27.2 Å². The summed E-state index contributed by atoms with van der Waals surface area (Å²) in [5, 5.41) is 3.54. The Labute approximate surface area is 121 Å². The zero-order chi connectivity index (χ0) is 14.6. The number of anilines is 1. The minimum atomic E-state index is -0.107. The number of ether oxygens (including phenoxy) is 1. The van der Waals surface area contributed by atoms with Crippen LogP contribution in [0.3, 0.4) is 0 Å². The molecule has 1 unspecified atom stereocenters. The Kier molecular flexibility index (Phi) is 4.50. The number of rotatable bonds is 6.